The minimum atomic E-state index is -1.10. The summed E-state index contributed by atoms with van der Waals surface area (Å²) in [6, 6.07) is 8.33. The third kappa shape index (κ3) is 4.93. The summed E-state index contributed by atoms with van der Waals surface area (Å²) in [7, 11) is 0. The van der Waals surface area contributed by atoms with Crippen molar-refractivity contribution in [3.05, 3.63) is 67.7 Å². The number of rotatable bonds is 5. The number of nitrogens with one attached hydrogen (secondary N) is 1. The molecule has 0 aliphatic rings. The summed E-state index contributed by atoms with van der Waals surface area (Å²) < 4.78 is 5.10. The standard InChI is InChI=1S/C17H14Cl2N2O5/c1-9-5-11(3-4-15(9)21(24)25)17(23)26-10(2)16(22)20-14-7-12(18)6-13(19)8-14/h3-8,10H,1-2H3,(H,20,22). The number of esters is 1. The summed E-state index contributed by atoms with van der Waals surface area (Å²) in [6.07, 6.45) is -1.10. The Morgan fingerprint density at radius 2 is 1.77 bits per heavy atom. The Kier molecular flexibility index (Phi) is 6.18. The molecule has 26 heavy (non-hydrogen) atoms. The topological polar surface area (TPSA) is 98.5 Å². The minimum absolute atomic E-state index is 0.106. The summed E-state index contributed by atoms with van der Waals surface area (Å²) in [6.45, 7) is 2.91. The van der Waals surface area contributed by atoms with E-state index in [0.717, 1.165) is 0 Å². The van der Waals surface area contributed by atoms with Gasteiger partial charge in [0.2, 0.25) is 0 Å². The van der Waals surface area contributed by atoms with Crippen LogP contribution in [0, 0.1) is 17.0 Å². The molecule has 0 fully saturated rings. The van der Waals surface area contributed by atoms with Crippen LogP contribution in [-0.2, 0) is 9.53 Å². The van der Waals surface area contributed by atoms with E-state index in [1.165, 1.54) is 50.2 Å². The normalized spacial score (nSPS) is 11.5. The maximum Gasteiger partial charge on any atom is 0.338 e. The first-order chi connectivity index (χ1) is 12.2. The Morgan fingerprint density at radius 3 is 2.31 bits per heavy atom. The smallest absolute Gasteiger partial charge is 0.338 e. The highest BCUT2D eigenvalue weighted by Gasteiger charge is 2.21. The fourth-order valence-corrected chi connectivity index (χ4v) is 2.67. The molecular weight excluding hydrogens is 383 g/mol. The number of carbonyl (C=O) groups is 2. The first kappa shape index (κ1) is 19.7. The van der Waals surface area contributed by atoms with Crippen molar-refractivity contribution in [2.75, 3.05) is 5.32 Å². The number of carbonyl (C=O) groups excluding carboxylic acids is 2. The first-order valence-corrected chi connectivity index (χ1v) is 8.16. The van der Waals surface area contributed by atoms with Crippen molar-refractivity contribution >= 4 is 46.5 Å². The lowest BCUT2D eigenvalue weighted by Crippen LogP contribution is -2.30. The highest BCUT2D eigenvalue weighted by Crippen LogP contribution is 2.23. The second-order valence-corrected chi connectivity index (χ2v) is 6.33. The molecule has 0 spiro atoms. The quantitative estimate of drug-likeness (QED) is 0.458. The molecule has 0 bridgehead atoms. The molecule has 1 unspecified atom stereocenters. The van der Waals surface area contributed by atoms with Gasteiger partial charge in [0.15, 0.2) is 6.10 Å². The van der Waals surface area contributed by atoms with Crippen molar-refractivity contribution in [2.24, 2.45) is 0 Å². The molecule has 2 aromatic carbocycles. The molecule has 1 N–H and O–H groups in total. The number of ether oxygens (including phenoxy) is 1. The van der Waals surface area contributed by atoms with E-state index in [-0.39, 0.29) is 11.3 Å². The number of hydrogen-bond acceptors (Lipinski definition) is 5. The molecule has 2 aromatic rings. The summed E-state index contributed by atoms with van der Waals surface area (Å²) >= 11 is 11.7. The van der Waals surface area contributed by atoms with Crippen LogP contribution in [0.25, 0.3) is 0 Å². The summed E-state index contributed by atoms with van der Waals surface area (Å²) in [4.78, 5) is 34.6. The maximum atomic E-state index is 12.1. The monoisotopic (exact) mass is 396 g/mol. The fraction of sp³-hybridized carbons (Fsp3) is 0.176. The second kappa shape index (κ2) is 8.16. The molecule has 0 aliphatic carbocycles. The van der Waals surface area contributed by atoms with Crippen molar-refractivity contribution in [3.8, 4) is 0 Å². The number of aryl methyl sites for hydroxylation is 1. The SMILES string of the molecule is Cc1cc(C(=O)OC(C)C(=O)Nc2cc(Cl)cc(Cl)c2)ccc1[N+](=O)[O-]. The zero-order chi connectivity index (χ0) is 19.4. The van der Waals surface area contributed by atoms with Crippen LogP contribution >= 0.6 is 23.2 Å². The average Bonchev–Trinajstić information content (AvgIpc) is 2.53. The summed E-state index contributed by atoms with van der Waals surface area (Å²) in [5, 5.41) is 14.0. The number of anilines is 1. The zero-order valence-electron chi connectivity index (χ0n) is 13.8. The van der Waals surface area contributed by atoms with Crippen molar-refractivity contribution in [1.82, 2.24) is 0 Å². The van der Waals surface area contributed by atoms with Crippen LogP contribution in [0.4, 0.5) is 11.4 Å². The molecule has 2 rings (SSSR count). The minimum Gasteiger partial charge on any atom is -0.449 e. The molecule has 0 aromatic heterocycles. The first-order valence-electron chi connectivity index (χ1n) is 7.40. The van der Waals surface area contributed by atoms with Crippen molar-refractivity contribution in [3.63, 3.8) is 0 Å². The molecule has 7 nitrogen and oxygen atoms in total. The number of amides is 1. The summed E-state index contributed by atoms with van der Waals surface area (Å²) in [5.41, 5.74) is 0.681. The van der Waals surface area contributed by atoms with Crippen LogP contribution in [0.2, 0.25) is 10.0 Å². The number of hydrogen-bond donors (Lipinski definition) is 1. The molecule has 0 saturated carbocycles. The van der Waals surface area contributed by atoms with E-state index in [1.54, 1.807) is 0 Å². The third-order valence-corrected chi connectivity index (χ3v) is 3.85. The van der Waals surface area contributed by atoms with E-state index in [9.17, 15) is 19.7 Å². The van der Waals surface area contributed by atoms with E-state index in [4.69, 9.17) is 27.9 Å². The Morgan fingerprint density at radius 1 is 1.15 bits per heavy atom. The van der Waals surface area contributed by atoms with Crippen molar-refractivity contribution in [2.45, 2.75) is 20.0 Å². The van der Waals surface area contributed by atoms with Gasteiger partial charge in [0.1, 0.15) is 0 Å². The van der Waals surface area contributed by atoms with Crippen LogP contribution in [0.15, 0.2) is 36.4 Å². The lowest BCUT2D eigenvalue weighted by molar-refractivity contribution is -0.385. The number of halogens is 2. The van der Waals surface area contributed by atoms with Gasteiger partial charge < -0.3 is 10.1 Å². The van der Waals surface area contributed by atoms with E-state index in [1.807, 2.05) is 0 Å². The largest absolute Gasteiger partial charge is 0.449 e. The van der Waals surface area contributed by atoms with Gasteiger partial charge in [0, 0.05) is 27.4 Å². The van der Waals surface area contributed by atoms with Crippen LogP contribution in [0.3, 0.4) is 0 Å². The summed E-state index contributed by atoms with van der Waals surface area (Å²) in [5.74, 6) is -1.34. The molecule has 0 saturated heterocycles. The van der Waals surface area contributed by atoms with Gasteiger partial charge in [-0.05, 0) is 44.2 Å². The molecule has 1 atom stereocenters. The Balaban J connectivity index is 2.05. The van der Waals surface area contributed by atoms with Crippen molar-refractivity contribution < 1.29 is 19.2 Å². The van der Waals surface area contributed by atoms with Gasteiger partial charge in [-0.3, -0.25) is 14.9 Å². The Hall–Kier alpha value is -2.64. The van der Waals surface area contributed by atoms with Gasteiger partial charge in [-0.25, -0.2) is 4.79 Å². The number of benzene rings is 2. The van der Waals surface area contributed by atoms with Gasteiger partial charge in [-0.15, -0.1) is 0 Å². The number of nitro benzene ring substituents is 1. The lowest BCUT2D eigenvalue weighted by Gasteiger charge is -2.14. The predicted molar refractivity (Wildman–Crippen MR) is 97.8 cm³/mol. The van der Waals surface area contributed by atoms with Crippen molar-refractivity contribution in [1.29, 1.82) is 0 Å². The van der Waals surface area contributed by atoms with E-state index in [2.05, 4.69) is 5.32 Å². The Labute approximate surface area is 159 Å². The van der Waals surface area contributed by atoms with Gasteiger partial charge in [-0.1, -0.05) is 23.2 Å². The van der Waals surface area contributed by atoms with E-state index >= 15 is 0 Å². The average molecular weight is 397 g/mol. The fourth-order valence-electron chi connectivity index (χ4n) is 2.14. The number of nitro groups is 1. The molecular formula is C17H14Cl2N2O5. The molecule has 9 heteroatoms. The van der Waals surface area contributed by atoms with Crippen LogP contribution in [0.1, 0.15) is 22.8 Å². The Bertz CT molecular complexity index is 865. The molecule has 1 amide bonds. The highest BCUT2D eigenvalue weighted by atomic mass is 35.5. The van der Waals surface area contributed by atoms with Crippen LogP contribution in [-0.4, -0.2) is 22.9 Å². The predicted octanol–water partition coefficient (Wildman–Crippen LogP) is 4.39. The highest BCUT2D eigenvalue weighted by molar-refractivity contribution is 6.35. The van der Waals surface area contributed by atoms with E-state index in [0.29, 0.717) is 21.3 Å². The van der Waals surface area contributed by atoms with E-state index < -0.39 is 22.9 Å². The lowest BCUT2D eigenvalue weighted by atomic mass is 10.1. The van der Waals surface area contributed by atoms with Crippen LogP contribution in [0.5, 0.6) is 0 Å². The van der Waals surface area contributed by atoms with Gasteiger partial charge in [-0.2, -0.15) is 0 Å². The molecule has 0 aliphatic heterocycles. The maximum absolute atomic E-state index is 12.1. The van der Waals surface area contributed by atoms with Gasteiger partial charge >= 0.3 is 5.97 Å². The molecule has 0 heterocycles. The van der Waals surface area contributed by atoms with Gasteiger partial charge in [0.25, 0.3) is 11.6 Å². The molecule has 136 valence electrons. The zero-order valence-corrected chi connectivity index (χ0v) is 15.3. The second-order valence-electron chi connectivity index (χ2n) is 5.45. The van der Waals surface area contributed by atoms with Crippen LogP contribution < -0.4 is 5.32 Å². The molecule has 0 radical (unpaired) electrons. The van der Waals surface area contributed by atoms with Gasteiger partial charge in [0.05, 0.1) is 10.5 Å². The third-order valence-electron chi connectivity index (χ3n) is 3.41. The number of nitrogens with zero attached hydrogens (tertiary/aromatic N) is 1.